The van der Waals surface area contributed by atoms with Crippen LogP contribution in [-0.2, 0) is 0 Å². The number of hydrogen-bond acceptors (Lipinski definition) is 2. The first kappa shape index (κ1) is 10.0. The van der Waals surface area contributed by atoms with Gasteiger partial charge < -0.3 is 10.6 Å². The third kappa shape index (κ3) is 2.76. The van der Waals surface area contributed by atoms with Gasteiger partial charge in [0.25, 0.3) is 0 Å². The van der Waals surface area contributed by atoms with Gasteiger partial charge in [0, 0.05) is 18.6 Å². The lowest BCUT2D eigenvalue weighted by atomic mass is 10.1. The van der Waals surface area contributed by atoms with Crippen LogP contribution >= 0.6 is 0 Å². The summed E-state index contributed by atoms with van der Waals surface area (Å²) in [7, 11) is 2.18. The van der Waals surface area contributed by atoms with Crippen molar-refractivity contribution in [3.8, 4) is 0 Å². The van der Waals surface area contributed by atoms with Gasteiger partial charge in [-0.2, -0.15) is 0 Å². The Morgan fingerprint density at radius 1 is 1.50 bits per heavy atom. The predicted octanol–water partition coefficient (Wildman–Crippen LogP) is 1.45. The molecule has 12 heavy (non-hydrogen) atoms. The summed E-state index contributed by atoms with van der Waals surface area (Å²) < 4.78 is 0. The third-order valence-electron chi connectivity index (χ3n) is 3.07. The fourth-order valence-electron chi connectivity index (χ4n) is 1.50. The van der Waals surface area contributed by atoms with E-state index in [9.17, 15) is 0 Å². The molecule has 0 bridgehead atoms. The molecule has 0 aliphatic heterocycles. The normalized spacial score (nSPS) is 22.8. The van der Waals surface area contributed by atoms with Gasteiger partial charge in [0.05, 0.1) is 0 Å². The number of nitrogens with two attached hydrogens (primary N) is 1. The Bertz CT molecular complexity index is 132. The predicted molar refractivity (Wildman–Crippen MR) is 53.1 cm³/mol. The van der Waals surface area contributed by atoms with Gasteiger partial charge >= 0.3 is 0 Å². The molecule has 0 aromatic rings. The van der Waals surface area contributed by atoms with Crippen molar-refractivity contribution < 1.29 is 0 Å². The zero-order valence-electron chi connectivity index (χ0n) is 8.59. The number of rotatable bonds is 5. The second-order valence-corrected chi connectivity index (χ2v) is 4.20. The van der Waals surface area contributed by atoms with Gasteiger partial charge in [0.1, 0.15) is 0 Å². The Kier molecular flexibility index (Phi) is 3.53. The zero-order chi connectivity index (χ0) is 9.14. The smallest absolute Gasteiger partial charge is 0.0196 e. The van der Waals surface area contributed by atoms with Crippen molar-refractivity contribution in [1.29, 1.82) is 0 Å². The maximum Gasteiger partial charge on any atom is 0.0196 e. The fourth-order valence-corrected chi connectivity index (χ4v) is 1.50. The molecular formula is C10H22N2. The van der Waals surface area contributed by atoms with Crippen molar-refractivity contribution in [3.63, 3.8) is 0 Å². The van der Waals surface area contributed by atoms with E-state index in [1.165, 1.54) is 19.3 Å². The minimum atomic E-state index is 0.420. The molecule has 2 heteroatoms. The van der Waals surface area contributed by atoms with Gasteiger partial charge in [0.2, 0.25) is 0 Å². The third-order valence-corrected chi connectivity index (χ3v) is 3.07. The van der Waals surface area contributed by atoms with Crippen molar-refractivity contribution in [2.45, 2.75) is 45.2 Å². The minimum absolute atomic E-state index is 0.420. The summed E-state index contributed by atoms with van der Waals surface area (Å²) in [5.74, 6) is 0.830. The summed E-state index contributed by atoms with van der Waals surface area (Å²) in [5.41, 5.74) is 6.03. The lowest BCUT2D eigenvalue weighted by Crippen LogP contribution is -2.40. The standard InChI is InChI=1S/C10H22N2/c1-4-8(2)12(3)7-10(11)9-5-6-9/h8-10H,4-7,11H2,1-3H3. The van der Waals surface area contributed by atoms with Crippen LogP contribution in [0.1, 0.15) is 33.1 Å². The second kappa shape index (κ2) is 4.24. The van der Waals surface area contributed by atoms with Crippen LogP contribution in [0.15, 0.2) is 0 Å². The Hall–Kier alpha value is -0.0800. The van der Waals surface area contributed by atoms with Gasteiger partial charge in [-0.1, -0.05) is 6.92 Å². The van der Waals surface area contributed by atoms with Crippen molar-refractivity contribution in [2.75, 3.05) is 13.6 Å². The summed E-state index contributed by atoms with van der Waals surface area (Å²) in [6.45, 7) is 5.56. The fraction of sp³-hybridized carbons (Fsp3) is 1.00. The Labute approximate surface area is 76.1 Å². The van der Waals surface area contributed by atoms with Crippen LogP contribution in [0.3, 0.4) is 0 Å². The molecule has 72 valence electrons. The summed E-state index contributed by atoms with van der Waals surface area (Å²) in [6, 6.07) is 1.10. The average molecular weight is 170 g/mol. The number of nitrogens with zero attached hydrogens (tertiary/aromatic N) is 1. The van der Waals surface area contributed by atoms with Crippen LogP contribution in [0.4, 0.5) is 0 Å². The van der Waals surface area contributed by atoms with E-state index >= 15 is 0 Å². The number of hydrogen-bond donors (Lipinski definition) is 1. The molecule has 0 heterocycles. The molecule has 1 rings (SSSR count). The number of likely N-dealkylation sites (N-methyl/N-ethyl adjacent to an activating group) is 1. The van der Waals surface area contributed by atoms with E-state index < -0.39 is 0 Å². The average Bonchev–Trinajstić information content (AvgIpc) is 2.84. The molecule has 1 aliphatic rings. The molecule has 0 spiro atoms. The van der Waals surface area contributed by atoms with Crippen molar-refractivity contribution in [3.05, 3.63) is 0 Å². The van der Waals surface area contributed by atoms with Crippen molar-refractivity contribution in [2.24, 2.45) is 11.7 Å². The van der Waals surface area contributed by atoms with Crippen LogP contribution in [0.2, 0.25) is 0 Å². The van der Waals surface area contributed by atoms with Crippen LogP contribution in [0.25, 0.3) is 0 Å². The van der Waals surface area contributed by atoms with Gasteiger partial charge in [-0.15, -0.1) is 0 Å². The molecule has 2 N–H and O–H groups in total. The maximum absolute atomic E-state index is 6.03. The summed E-state index contributed by atoms with van der Waals surface area (Å²) in [6.07, 6.45) is 3.93. The maximum atomic E-state index is 6.03. The molecule has 0 aromatic heterocycles. The van der Waals surface area contributed by atoms with E-state index in [4.69, 9.17) is 5.73 Å². The second-order valence-electron chi connectivity index (χ2n) is 4.20. The minimum Gasteiger partial charge on any atom is -0.326 e. The van der Waals surface area contributed by atoms with E-state index in [2.05, 4.69) is 25.8 Å². The highest BCUT2D eigenvalue weighted by Crippen LogP contribution is 2.31. The molecule has 2 atom stereocenters. The van der Waals surface area contributed by atoms with E-state index in [0.717, 1.165) is 12.5 Å². The monoisotopic (exact) mass is 170 g/mol. The summed E-state index contributed by atoms with van der Waals surface area (Å²) in [4.78, 5) is 2.38. The molecule has 1 fully saturated rings. The van der Waals surface area contributed by atoms with Crippen molar-refractivity contribution >= 4 is 0 Å². The molecule has 0 saturated heterocycles. The van der Waals surface area contributed by atoms with E-state index in [0.29, 0.717) is 12.1 Å². The highest BCUT2D eigenvalue weighted by Gasteiger charge is 2.29. The van der Waals surface area contributed by atoms with Gasteiger partial charge in [-0.3, -0.25) is 0 Å². The molecule has 2 unspecified atom stereocenters. The summed E-state index contributed by atoms with van der Waals surface area (Å²) >= 11 is 0. The van der Waals surface area contributed by atoms with Crippen LogP contribution < -0.4 is 5.73 Å². The lowest BCUT2D eigenvalue weighted by Gasteiger charge is -2.26. The Morgan fingerprint density at radius 3 is 2.50 bits per heavy atom. The van der Waals surface area contributed by atoms with Gasteiger partial charge in [0.15, 0.2) is 0 Å². The van der Waals surface area contributed by atoms with Crippen LogP contribution in [-0.4, -0.2) is 30.6 Å². The van der Waals surface area contributed by atoms with Gasteiger partial charge in [-0.05, 0) is 39.2 Å². The molecule has 0 aromatic carbocycles. The van der Waals surface area contributed by atoms with Gasteiger partial charge in [-0.25, -0.2) is 0 Å². The first-order valence-corrected chi connectivity index (χ1v) is 5.11. The quantitative estimate of drug-likeness (QED) is 0.676. The largest absolute Gasteiger partial charge is 0.326 e. The van der Waals surface area contributed by atoms with Crippen molar-refractivity contribution in [1.82, 2.24) is 4.90 Å². The molecule has 1 saturated carbocycles. The highest BCUT2D eigenvalue weighted by atomic mass is 15.1. The summed E-state index contributed by atoms with van der Waals surface area (Å²) in [5, 5.41) is 0. The topological polar surface area (TPSA) is 29.3 Å². The molecule has 0 radical (unpaired) electrons. The van der Waals surface area contributed by atoms with E-state index in [-0.39, 0.29) is 0 Å². The Balaban J connectivity index is 2.19. The molecular weight excluding hydrogens is 148 g/mol. The molecule has 0 amide bonds. The SMILES string of the molecule is CCC(C)N(C)CC(N)C1CC1. The first-order valence-electron chi connectivity index (χ1n) is 5.11. The highest BCUT2D eigenvalue weighted by molar-refractivity contribution is 4.86. The molecule has 1 aliphatic carbocycles. The molecule has 2 nitrogen and oxygen atoms in total. The Morgan fingerprint density at radius 2 is 2.08 bits per heavy atom. The first-order chi connectivity index (χ1) is 5.65. The van der Waals surface area contributed by atoms with E-state index in [1.54, 1.807) is 0 Å². The van der Waals surface area contributed by atoms with E-state index in [1.807, 2.05) is 0 Å². The zero-order valence-corrected chi connectivity index (χ0v) is 8.59. The van der Waals surface area contributed by atoms with Crippen LogP contribution in [0, 0.1) is 5.92 Å². The van der Waals surface area contributed by atoms with Crippen LogP contribution in [0.5, 0.6) is 0 Å². The lowest BCUT2D eigenvalue weighted by molar-refractivity contribution is 0.230.